The number of aryl methyl sites for hydroxylation is 1. The van der Waals surface area contributed by atoms with Crippen LogP contribution in [0.1, 0.15) is 27.0 Å². The fraction of sp³-hybridized carbons (Fsp3) is 0.250. The molecule has 1 atom stereocenters. The van der Waals surface area contributed by atoms with Gasteiger partial charge in [-0.25, -0.2) is 14.8 Å². The van der Waals surface area contributed by atoms with Crippen LogP contribution in [0.15, 0.2) is 30.7 Å². The molecule has 0 radical (unpaired) electrons. The molecule has 1 fully saturated rings. The van der Waals surface area contributed by atoms with E-state index in [0.717, 1.165) is 11.1 Å². The van der Waals surface area contributed by atoms with E-state index < -0.39 is 17.5 Å². The second-order valence-electron chi connectivity index (χ2n) is 7.40. The number of ether oxygens (including phenoxy) is 1. The molecule has 4 heterocycles. The number of nitrogens with one attached hydrogen (secondary N) is 3. The minimum atomic E-state index is -1.46. The Morgan fingerprint density at radius 1 is 1.23 bits per heavy atom. The third kappa shape index (κ3) is 2.46. The van der Waals surface area contributed by atoms with Crippen LogP contribution in [-0.4, -0.2) is 51.4 Å². The van der Waals surface area contributed by atoms with Gasteiger partial charge in [-0.2, -0.15) is 0 Å². The average Bonchev–Trinajstić information content (AvgIpc) is 3.40. The van der Waals surface area contributed by atoms with Crippen molar-refractivity contribution in [2.75, 3.05) is 13.7 Å². The van der Waals surface area contributed by atoms with E-state index in [1.54, 1.807) is 17.0 Å². The van der Waals surface area contributed by atoms with Crippen molar-refractivity contribution in [3.05, 3.63) is 53.0 Å². The highest BCUT2D eigenvalue weighted by Gasteiger charge is 2.51. The number of hydrogen-bond acceptors (Lipinski definition) is 6. The SMILES string of the molecule is COc1ccc2c(c1)C(=O)N(C[C@@]1(c3cnc4nc[nH]c4c3C)NC(=O)NC1=O)C2. The monoisotopic (exact) mass is 406 g/mol. The molecular formula is C20H18N6O4. The first-order valence-electron chi connectivity index (χ1n) is 9.32. The van der Waals surface area contributed by atoms with Gasteiger partial charge in [0.1, 0.15) is 5.75 Å². The number of imide groups is 1. The lowest BCUT2D eigenvalue weighted by Crippen LogP contribution is -2.53. The number of urea groups is 1. The van der Waals surface area contributed by atoms with Crippen molar-refractivity contribution in [2.24, 2.45) is 0 Å². The molecule has 152 valence electrons. The summed E-state index contributed by atoms with van der Waals surface area (Å²) in [6.45, 7) is 2.10. The molecule has 1 aromatic carbocycles. The number of fused-ring (bicyclic) bond motifs is 2. The topological polar surface area (TPSA) is 129 Å². The predicted octanol–water partition coefficient (Wildman–Crippen LogP) is 0.966. The molecule has 0 bridgehead atoms. The van der Waals surface area contributed by atoms with Gasteiger partial charge >= 0.3 is 6.03 Å². The highest BCUT2D eigenvalue weighted by atomic mass is 16.5. The summed E-state index contributed by atoms with van der Waals surface area (Å²) in [6.07, 6.45) is 3.04. The number of methoxy groups -OCH3 is 1. The summed E-state index contributed by atoms with van der Waals surface area (Å²) >= 11 is 0. The first-order valence-corrected chi connectivity index (χ1v) is 9.32. The Labute approximate surface area is 170 Å². The van der Waals surface area contributed by atoms with Crippen LogP contribution >= 0.6 is 0 Å². The first kappa shape index (κ1) is 18.1. The van der Waals surface area contributed by atoms with Crippen LogP contribution < -0.4 is 15.4 Å². The van der Waals surface area contributed by atoms with Crippen molar-refractivity contribution in [2.45, 2.75) is 19.0 Å². The Bertz CT molecular complexity index is 1240. The number of imidazole rings is 1. The van der Waals surface area contributed by atoms with Crippen LogP contribution in [0, 0.1) is 6.92 Å². The second-order valence-corrected chi connectivity index (χ2v) is 7.40. The van der Waals surface area contributed by atoms with Crippen molar-refractivity contribution >= 4 is 29.0 Å². The number of hydrogen-bond donors (Lipinski definition) is 3. The number of carbonyl (C=O) groups is 3. The maximum atomic E-state index is 13.1. The van der Waals surface area contributed by atoms with Crippen LogP contribution in [-0.2, 0) is 16.9 Å². The van der Waals surface area contributed by atoms with Crippen molar-refractivity contribution in [3.63, 3.8) is 0 Å². The quantitative estimate of drug-likeness (QED) is 0.554. The lowest BCUT2D eigenvalue weighted by Gasteiger charge is -2.32. The Balaban J connectivity index is 1.58. The molecule has 3 aromatic rings. The zero-order valence-electron chi connectivity index (χ0n) is 16.3. The molecule has 3 N–H and O–H groups in total. The van der Waals surface area contributed by atoms with E-state index >= 15 is 0 Å². The summed E-state index contributed by atoms with van der Waals surface area (Å²) in [5.41, 5.74) is 2.29. The van der Waals surface area contributed by atoms with Crippen LogP contribution in [0.3, 0.4) is 0 Å². The molecule has 1 saturated heterocycles. The van der Waals surface area contributed by atoms with Gasteiger partial charge < -0.3 is 19.9 Å². The Morgan fingerprint density at radius 3 is 2.80 bits per heavy atom. The van der Waals surface area contributed by atoms with E-state index in [1.165, 1.54) is 19.6 Å². The van der Waals surface area contributed by atoms with Crippen molar-refractivity contribution in [1.29, 1.82) is 0 Å². The van der Waals surface area contributed by atoms with Gasteiger partial charge in [0.25, 0.3) is 11.8 Å². The molecule has 10 heteroatoms. The first-order chi connectivity index (χ1) is 14.4. The van der Waals surface area contributed by atoms with Gasteiger partial charge in [0.2, 0.25) is 0 Å². The minimum Gasteiger partial charge on any atom is -0.497 e. The molecule has 30 heavy (non-hydrogen) atoms. The normalized spacial score (nSPS) is 20.5. The molecule has 2 aliphatic heterocycles. The van der Waals surface area contributed by atoms with Gasteiger partial charge in [0, 0.05) is 23.9 Å². The number of aromatic nitrogens is 3. The van der Waals surface area contributed by atoms with Gasteiger partial charge in [-0.15, -0.1) is 0 Å². The van der Waals surface area contributed by atoms with Crippen LogP contribution in [0.4, 0.5) is 4.79 Å². The van der Waals surface area contributed by atoms with Crippen LogP contribution in [0.2, 0.25) is 0 Å². The summed E-state index contributed by atoms with van der Waals surface area (Å²) < 4.78 is 5.22. The van der Waals surface area contributed by atoms with Crippen molar-refractivity contribution in [1.82, 2.24) is 30.5 Å². The smallest absolute Gasteiger partial charge is 0.322 e. The molecule has 4 amide bonds. The van der Waals surface area contributed by atoms with E-state index in [1.807, 2.05) is 13.0 Å². The number of amides is 4. The number of benzene rings is 1. The largest absolute Gasteiger partial charge is 0.497 e. The maximum Gasteiger partial charge on any atom is 0.322 e. The summed E-state index contributed by atoms with van der Waals surface area (Å²) in [5.74, 6) is -0.182. The lowest BCUT2D eigenvalue weighted by molar-refractivity contribution is -0.124. The number of carbonyl (C=O) groups excluding carboxylic acids is 3. The number of aromatic amines is 1. The maximum absolute atomic E-state index is 13.1. The summed E-state index contributed by atoms with van der Waals surface area (Å²) in [5, 5.41) is 5.04. The van der Waals surface area contributed by atoms with Crippen LogP contribution in [0.25, 0.3) is 11.2 Å². The second kappa shape index (κ2) is 6.28. The highest BCUT2D eigenvalue weighted by molar-refractivity contribution is 6.09. The fourth-order valence-electron chi connectivity index (χ4n) is 4.21. The van der Waals surface area contributed by atoms with Gasteiger partial charge in [-0.3, -0.25) is 14.9 Å². The summed E-state index contributed by atoms with van der Waals surface area (Å²) in [6, 6.07) is 4.68. The summed E-state index contributed by atoms with van der Waals surface area (Å²) in [4.78, 5) is 51.2. The zero-order valence-corrected chi connectivity index (χ0v) is 16.3. The molecule has 2 aromatic heterocycles. The molecule has 0 saturated carbocycles. The minimum absolute atomic E-state index is 0.0391. The number of nitrogens with zero attached hydrogens (tertiary/aromatic N) is 3. The predicted molar refractivity (Wildman–Crippen MR) is 105 cm³/mol. The van der Waals surface area contributed by atoms with E-state index in [4.69, 9.17) is 4.74 Å². The van der Waals surface area contributed by atoms with Crippen molar-refractivity contribution < 1.29 is 19.1 Å². The van der Waals surface area contributed by atoms with Crippen molar-refractivity contribution in [3.8, 4) is 5.75 Å². The Kier molecular flexibility index (Phi) is 3.79. The molecule has 2 aliphatic rings. The van der Waals surface area contributed by atoms with E-state index in [0.29, 0.717) is 34.6 Å². The molecule has 5 rings (SSSR count). The molecule has 0 aliphatic carbocycles. The number of pyridine rings is 1. The Morgan fingerprint density at radius 2 is 2.07 bits per heavy atom. The molecular weight excluding hydrogens is 388 g/mol. The van der Waals surface area contributed by atoms with Crippen LogP contribution in [0.5, 0.6) is 5.75 Å². The lowest BCUT2D eigenvalue weighted by atomic mass is 9.87. The van der Waals surface area contributed by atoms with Gasteiger partial charge in [-0.1, -0.05) is 6.07 Å². The van der Waals surface area contributed by atoms with Gasteiger partial charge in [0.15, 0.2) is 11.2 Å². The fourth-order valence-corrected chi connectivity index (χ4v) is 4.21. The number of rotatable bonds is 4. The summed E-state index contributed by atoms with van der Waals surface area (Å²) in [7, 11) is 1.54. The Hall–Kier alpha value is -3.95. The number of H-pyrrole nitrogens is 1. The molecule has 0 unspecified atom stereocenters. The van der Waals surface area contributed by atoms with E-state index in [9.17, 15) is 14.4 Å². The average molecular weight is 406 g/mol. The molecule has 0 spiro atoms. The van der Waals surface area contributed by atoms with Gasteiger partial charge in [0.05, 0.1) is 25.5 Å². The zero-order chi connectivity index (χ0) is 21.0. The van der Waals surface area contributed by atoms with E-state index in [2.05, 4.69) is 25.6 Å². The third-order valence-electron chi connectivity index (χ3n) is 5.74. The standard InChI is InChI=1S/C20H18N6O4/c1-10-14(6-21-16-15(10)22-9-23-16)20(18(28)24-19(29)25-20)8-26-7-11-3-4-12(30-2)5-13(11)17(26)27/h3-6,9H,7-8H2,1-2H3,(H,21,22,23)(H2,24,25,28,29)/t20-/m0/s1. The molecule has 10 nitrogen and oxygen atoms in total. The van der Waals surface area contributed by atoms with Gasteiger partial charge in [-0.05, 0) is 30.2 Å². The third-order valence-corrected chi connectivity index (χ3v) is 5.74. The van der Waals surface area contributed by atoms with E-state index in [-0.39, 0.29) is 12.5 Å². The highest BCUT2D eigenvalue weighted by Crippen LogP contribution is 2.34.